The van der Waals surface area contributed by atoms with Gasteiger partial charge in [0.25, 0.3) is 5.69 Å². The van der Waals surface area contributed by atoms with Crippen LogP contribution in [0.25, 0.3) is 0 Å². The Hall–Kier alpha value is -2.40. The van der Waals surface area contributed by atoms with E-state index in [9.17, 15) is 10.1 Å². The van der Waals surface area contributed by atoms with E-state index in [2.05, 4.69) is 20.8 Å². The molecule has 0 unspecified atom stereocenters. The van der Waals surface area contributed by atoms with Crippen molar-refractivity contribution < 1.29 is 9.66 Å². The molecule has 2 rings (SSSR count). The number of ether oxygens (including phenoxy) is 1. The number of nitro benzene ring substituents is 1. The molecule has 0 amide bonds. The molecular weight excluding hydrogens is 292 g/mol. The molecule has 2 aromatic carbocycles. The second kappa shape index (κ2) is 6.79. The molecule has 5 heteroatoms. The number of benzene rings is 2. The van der Waals surface area contributed by atoms with Crippen LogP contribution < -0.4 is 10.5 Å². The Bertz CT molecular complexity index is 688. The van der Waals surface area contributed by atoms with Gasteiger partial charge in [-0.2, -0.15) is 0 Å². The minimum atomic E-state index is -0.415. The third-order valence-electron chi connectivity index (χ3n) is 3.62. The molecule has 0 aliphatic rings. The Balaban J connectivity index is 2.26. The third-order valence-corrected chi connectivity index (χ3v) is 3.62. The van der Waals surface area contributed by atoms with E-state index >= 15 is 0 Å². The predicted octanol–water partition coefficient (Wildman–Crippen LogP) is 4.19. The van der Waals surface area contributed by atoms with Crippen molar-refractivity contribution in [2.75, 3.05) is 6.54 Å². The maximum absolute atomic E-state index is 10.9. The highest BCUT2D eigenvalue weighted by Crippen LogP contribution is 2.30. The maximum atomic E-state index is 10.9. The van der Waals surface area contributed by atoms with E-state index in [0.29, 0.717) is 24.5 Å². The van der Waals surface area contributed by atoms with Crippen molar-refractivity contribution in [3.8, 4) is 11.5 Å². The average Bonchev–Trinajstić information content (AvgIpc) is 2.48. The second-order valence-corrected chi connectivity index (χ2v) is 6.46. The number of nitrogens with zero attached hydrogens (tertiary/aromatic N) is 1. The van der Waals surface area contributed by atoms with Crippen molar-refractivity contribution in [3.63, 3.8) is 0 Å². The first-order valence-electron chi connectivity index (χ1n) is 7.57. The number of non-ortho nitro benzene ring substituents is 1. The molecule has 0 aliphatic heterocycles. The minimum Gasteiger partial charge on any atom is -0.457 e. The van der Waals surface area contributed by atoms with Crippen molar-refractivity contribution in [3.05, 3.63) is 63.7 Å². The lowest BCUT2D eigenvalue weighted by molar-refractivity contribution is -0.384. The lowest BCUT2D eigenvalue weighted by Crippen LogP contribution is -2.10. The Morgan fingerprint density at radius 1 is 1.13 bits per heavy atom. The van der Waals surface area contributed by atoms with E-state index in [-0.39, 0.29) is 11.1 Å². The largest absolute Gasteiger partial charge is 0.457 e. The summed E-state index contributed by atoms with van der Waals surface area (Å²) in [4.78, 5) is 10.5. The van der Waals surface area contributed by atoms with Crippen LogP contribution in [0.5, 0.6) is 11.5 Å². The van der Waals surface area contributed by atoms with Crippen molar-refractivity contribution in [1.82, 2.24) is 0 Å². The lowest BCUT2D eigenvalue weighted by atomic mass is 9.87. The molecule has 0 saturated heterocycles. The SMILES string of the molecule is CC(C)(C)c1ccc(Oc2ccc([N+](=O)[O-])cc2CCN)cc1. The average molecular weight is 314 g/mol. The van der Waals surface area contributed by atoms with Crippen LogP contribution in [0.1, 0.15) is 31.9 Å². The Morgan fingerprint density at radius 3 is 2.30 bits per heavy atom. The summed E-state index contributed by atoms with van der Waals surface area (Å²) in [6.45, 7) is 6.86. The number of rotatable bonds is 5. The first-order chi connectivity index (χ1) is 10.8. The number of hydrogen-bond acceptors (Lipinski definition) is 4. The molecule has 2 aromatic rings. The van der Waals surface area contributed by atoms with Crippen molar-refractivity contribution in [2.45, 2.75) is 32.6 Å². The molecular formula is C18H22N2O3. The summed E-state index contributed by atoms with van der Waals surface area (Å²) < 4.78 is 5.89. The zero-order chi connectivity index (χ0) is 17.0. The van der Waals surface area contributed by atoms with Crippen LogP contribution in [-0.2, 0) is 11.8 Å². The molecule has 0 heterocycles. The van der Waals surface area contributed by atoms with Gasteiger partial charge in [-0.1, -0.05) is 32.9 Å². The standard InChI is InChI=1S/C18H22N2O3/c1-18(2,3)14-4-7-16(8-5-14)23-17-9-6-15(20(21)22)12-13(17)10-11-19/h4-9,12H,10-11,19H2,1-3H3. The summed E-state index contributed by atoms with van der Waals surface area (Å²) in [6, 6.07) is 12.5. The molecule has 0 aliphatic carbocycles. The van der Waals surface area contributed by atoms with E-state index in [4.69, 9.17) is 10.5 Å². The minimum absolute atomic E-state index is 0.0453. The lowest BCUT2D eigenvalue weighted by Gasteiger charge is -2.19. The van der Waals surface area contributed by atoms with Gasteiger partial charge in [0.05, 0.1) is 4.92 Å². The van der Waals surface area contributed by atoms with Crippen LogP contribution in [0, 0.1) is 10.1 Å². The molecule has 0 saturated carbocycles. The summed E-state index contributed by atoms with van der Waals surface area (Å²) in [5.74, 6) is 1.30. The summed E-state index contributed by atoms with van der Waals surface area (Å²) in [7, 11) is 0. The summed E-state index contributed by atoms with van der Waals surface area (Å²) >= 11 is 0. The van der Waals surface area contributed by atoms with Crippen LogP contribution >= 0.6 is 0 Å². The second-order valence-electron chi connectivity index (χ2n) is 6.46. The fourth-order valence-electron chi connectivity index (χ4n) is 2.28. The molecule has 23 heavy (non-hydrogen) atoms. The molecule has 0 radical (unpaired) electrons. The highest BCUT2D eigenvalue weighted by atomic mass is 16.6. The molecule has 2 N–H and O–H groups in total. The monoisotopic (exact) mass is 314 g/mol. The van der Waals surface area contributed by atoms with Gasteiger partial charge >= 0.3 is 0 Å². The van der Waals surface area contributed by atoms with Crippen LogP contribution in [0.4, 0.5) is 5.69 Å². The molecule has 0 aromatic heterocycles. The number of hydrogen-bond donors (Lipinski definition) is 1. The summed E-state index contributed by atoms with van der Waals surface area (Å²) in [6.07, 6.45) is 0.525. The van der Waals surface area contributed by atoms with Crippen LogP contribution in [0.3, 0.4) is 0 Å². The van der Waals surface area contributed by atoms with E-state index in [1.54, 1.807) is 6.07 Å². The Kier molecular flexibility index (Phi) is 5.01. The molecule has 122 valence electrons. The van der Waals surface area contributed by atoms with E-state index < -0.39 is 4.92 Å². The Morgan fingerprint density at radius 2 is 1.78 bits per heavy atom. The van der Waals surface area contributed by atoms with E-state index in [1.165, 1.54) is 17.7 Å². The van der Waals surface area contributed by atoms with Gasteiger partial charge in [-0.3, -0.25) is 10.1 Å². The quantitative estimate of drug-likeness (QED) is 0.663. The smallest absolute Gasteiger partial charge is 0.269 e. The topological polar surface area (TPSA) is 78.4 Å². The van der Waals surface area contributed by atoms with Gasteiger partial charge in [0.2, 0.25) is 0 Å². The molecule has 0 spiro atoms. The van der Waals surface area contributed by atoms with Crippen LogP contribution in [0.15, 0.2) is 42.5 Å². The zero-order valence-corrected chi connectivity index (χ0v) is 13.7. The van der Waals surface area contributed by atoms with Gasteiger partial charge in [0, 0.05) is 17.7 Å². The fourth-order valence-corrected chi connectivity index (χ4v) is 2.28. The highest BCUT2D eigenvalue weighted by Gasteiger charge is 2.14. The molecule has 0 atom stereocenters. The molecule has 0 fully saturated rings. The van der Waals surface area contributed by atoms with E-state index in [1.807, 2.05) is 24.3 Å². The van der Waals surface area contributed by atoms with Gasteiger partial charge in [0.15, 0.2) is 0 Å². The first kappa shape index (κ1) is 17.0. The zero-order valence-electron chi connectivity index (χ0n) is 13.7. The number of nitro groups is 1. The molecule has 5 nitrogen and oxygen atoms in total. The summed E-state index contributed by atoms with van der Waals surface area (Å²) in [5.41, 5.74) is 7.67. The highest BCUT2D eigenvalue weighted by molar-refractivity contribution is 5.46. The third kappa shape index (κ3) is 4.29. The van der Waals surface area contributed by atoms with Crippen molar-refractivity contribution >= 4 is 5.69 Å². The van der Waals surface area contributed by atoms with Gasteiger partial charge in [-0.05, 0) is 42.1 Å². The van der Waals surface area contributed by atoms with Crippen LogP contribution in [0.2, 0.25) is 0 Å². The van der Waals surface area contributed by atoms with Crippen molar-refractivity contribution in [2.24, 2.45) is 5.73 Å². The van der Waals surface area contributed by atoms with Gasteiger partial charge in [-0.25, -0.2) is 0 Å². The summed E-state index contributed by atoms with van der Waals surface area (Å²) in [5, 5.41) is 10.9. The van der Waals surface area contributed by atoms with Gasteiger partial charge in [0.1, 0.15) is 11.5 Å². The maximum Gasteiger partial charge on any atom is 0.269 e. The van der Waals surface area contributed by atoms with Gasteiger partial charge in [-0.15, -0.1) is 0 Å². The van der Waals surface area contributed by atoms with E-state index in [0.717, 1.165) is 5.56 Å². The Labute approximate surface area is 136 Å². The first-order valence-corrected chi connectivity index (χ1v) is 7.57. The predicted molar refractivity (Wildman–Crippen MR) is 91.1 cm³/mol. The number of nitrogens with two attached hydrogens (primary N) is 1. The van der Waals surface area contributed by atoms with Crippen molar-refractivity contribution in [1.29, 1.82) is 0 Å². The molecule has 0 bridgehead atoms. The van der Waals surface area contributed by atoms with Crippen LogP contribution in [-0.4, -0.2) is 11.5 Å². The van der Waals surface area contributed by atoms with Gasteiger partial charge < -0.3 is 10.5 Å². The normalized spacial score (nSPS) is 11.3. The fraction of sp³-hybridized carbons (Fsp3) is 0.333.